The fourth-order valence-electron chi connectivity index (χ4n) is 4.03. The summed E-state index contributed by atoms with van der Waals surface area (Å²) in [5.41, 5.74) is 5.39. The molecule has 0 radical (unpaired) electrons. The number of rotatable bonds is 3. The van der Waals surface area contributed by atoms with Gasteiger partial charge in [-0.2, -0.15) is 0 Å². The van der Waals surface area contributed by atoms with Crippen LogP contribution in [0.3, 0.4) is 0 Å². The lowest BCUT2D eigenvalue weighted by Gasteiger charge is -2.21. The predicted molar refractivity (Wildman–Crippen MR) is 104 cm³/mol. The number of halogens is 1. The third-order valence-corrected chi connectivity index (χ3v) is 5.39. The van der Waals surface area contributed by atoms with Gasteiger partial charge in [-0.1, -0.05) is 30.3 Å². The van der Waals surface area contributed by atoms with Crippen LogP contribution in [-0.2, 0) is 13.0 Å². The Hall–Kier alpha value is -2.73. The highest BCUT2D eigenvalue weighted by atomic mass is 19.1. The number of anilines is 1. The molecule has 1 atom stereocenters. The minimum absolute atomic E-state index is 0.389. The van der Waals surface area contributed by atoms with Gasteiger partial charge in [-0.3, -0.25) is 0 Å². The van der Waals surface area contributed by atoms with E-state index < -0.39 is 6.17 Å². The Labute approximate surface area is 157 Å². The minimum atomic E-state index is -0.797. The van der Waals surface area contributed by atoms with Crippen LogP contribution in [0.25, 0.3) is 22.5 Å². The number of alkyl halides is 1. The van der Waals surface area contributed by atoms with Crippen molar-refractivity contribution in [2.45, 2.75) is 25.6 Å². The van der Waals surface area contributed by atoms with Crippen molar-refractivity contribution in [2.24, 2.45) is 0 Å². The van der Waals surface area contributed by atoms with E-state index in [-0.39, 0.29) is 0 Å². The summed E-state index contributed by atoms with van der Waals surface area (Å²) in [6, 6.07) is 12.3. The maximum Gasteiger partial charge on any atom is 0.142 e. The van der Waals surface area contributed by atoms with Crippen molar-refractivity contribution in [3.8, 4) is 22.5 Å². The molecule has 4 heterocycles. The number of benzene rings is 1. The van der Waals surface area contributed by atoms with Gasteiger partial charge in [0.05, 0.1) is 23.5 Å². The number of imidazole rings is 1. The van der Waals surface area contributed by atoms with Crippen molar-refractivity contribution in [3.63, 3.8) is 0 Å². The molecule has 5 rings (SSSR count). The van der Waals surface area contributed by atoms with Crippen LogP contribution in [0.5, 0.6) is 0 Å². The molecule has 2 aliphatic rings. The molecule has 138 valence electrons. The summed E-state index contributed by atoms with van der Waals surface area (Å²) in [7, 11) is 0. The summed E-state index contributed by atoms with van der Waals surface area (Å²) in [6.07, 6.45) is 2.49. The molecule has 2 aliphatic heterocycles. The molecule has 0 bridgehead atoms. The van der Waals surface area contributed by atoms with E-state index in [1.165, 1.54) is 0 Å². The predicted octanol–water partition coefficient (Wildman–Crippen LogP) is 3.33. The van der Waals surface area contributed by atoms with Crippen LogP contribution in [0, 0.1) is 0 Å². The second kappa shape index (κ2) is 6.78. The standard InChI is InChI=1S/C21H22FN5/c22-15-8-11-27(13-15)21-19(20-25-17-7-9-23-12-18(17)26-20)16(6-10-24-21)14-4-2-1-3-5-14/h1-6,10,15,23H,7-9,11-13H2,(H,25,26)/t15-/m0/s1. The number of aromatic nitrogens is 3. The largest absolute Gasteiger partial charge is 0.353 e. The van der Waals surface area contributed by atoms with E-state index in [0.717, 1.165) is 59.2 Å². The van der Waals surface area contributed by atoms with Gasteiger partial charge >= 0.3 is 0 Å². The van der Waals surface area contributed by atoms with Gasteiger partial charge in [0, 0.05) is 32.3 Å². The summed E-state index contributed by atoms with van der Waals surface area (Å²) in [6.45, 7) is 2.81. The van der Waals surface area contributed by atoms with Crippen molar-refractivity contribution < 1.29 is 4.39 Å². The average molecular weight is 363 g/mol. The topological polar surface area (TPSA) is 56.8 Å². The molecule has 5 nitrogen and oxygen atoms in total. The van der Waals surface area contributed by atoms with Crippen LogP contribution in [-0.4, -0.2) is 40.8 Å². The van der Waals surface area contributed by atoms with Crippen LogP contribution < -0.4 is 10.2 Å². The summed E-state index contributed by atoms with van der Waals surface area (Å²) >= 11 is 0. The molecule has 0 saturated carbocycles. The summed E-state index contributed by atoms with van der Waals surface area (Å²) in [4.78, 5) is 15.1. The van der Waals surface area contributed by atoms with Crippen LogP contribution in [0.2, 0.25) is 0 Å². The monoisotopic (exact) mass is 363 g/mol. The third-order valence-electron chi connectivity index (χ3n) is 5.39. The fourth-order valence-corrected chi connectivity index (χ4v) is 4.03. The highest BCUT2D eigenvalue weighted by Crippen LogP contribution is 2.38. The zero-order chi connectivity index (χ0) is 18.2. The fraction of sp³-hybridized carbons (Fsp3) is 0.333. The highest BCUT2D eigenvalue weighted by molar-refractivity contribution is 5.88. The molecule has 0 amide bonds. The van der Waals surface area contributed by atoms with E-state index in [0.29, 0.717) is 19.5 Å². The maximum absolute atomic E-state index is 13.9. The zero-order valence-corrected chi connectivity index (χ0v) is 15.1. The first-order chi connectivity index (χ1) is 13.3. The molecular weight excluding hydrogens is 341 g/mol. The molecule has 1 fully saturated rings. The normalized spacial score (nSPS) is 19.3. The minimum Gasteiger partial charge on any atom is -0.353 e. The van der Waals surface area contributed by atoms with Gasteiger partial charge in [0.2, 0.25) is 0 Å². The van der Waals surface area contributed by atoms with Crippen molar-refractivity contribution in [2.75, 3.05) is 24.5 Å². The van der Waals surface area contributed by atoms with Gasteiger partial charge in [-0.15, -0.1) is 0 Å². The molecule has 0 unspecified atom stereocenters. The van der Waals surface area contributed by atoms with E-state index in [1.807, 2.05) is 35.4 Å². The second-order valence-electron chi connectivity index (χ2n) is 7.19. The van der Waals surface area contributed by atoms with Gasteiger partial charge in [0.25, 0.3) is 0 Å². The van der Waals surface area contributed by atoms with E-state index in [2.05, 4.69) is 27.4 Å². The van der Waals surface area contributed by atoms with Crippen molar-refractivity contribution in [3.05, 3.63) is 54.0 Å². The molecule has 3 aromatic rings. The molecule has 1 aromatic carbocycles. The number of nitrogens with zero attached hydrogens (tertiary/aromatic N) is 3. The van der Waals surface area contributed by atoms with Gasteiger partial charge in [-0.25, -0.2) is 14.4 Å². The maximum atomic E-state index is 13.9. The van der Waals surface area contributed by atoms with Crippen molar-refractivity contribution in [1.29, 1.82) is 0 Å². The molecule has 0 aliphatic carbocycles. The summed E-state index contributed by atoms with van der Waals surface area (Å²) < 4.78 is 13.9. The molecule has 6 heteroatoms. The van der Waals surface area contributed by atoms with E-state index in [1.54, 1.807) is 0 Å². The van der Waals surface area contributed by atoms with Crippen LogP contribution in [0.4, 0.5) is 10.2 Å². The van der Waals surface area contributed by atoms with Crippen molar-refractivity contribution in [1.82, 2.24) is 20.3 Å². The molecule has 2 aromatic heterocycles. The molecular formula is C21H22FN5. The lowest BCUT2D eigenvalue weighted by atomic mass is 10.00. The second-order valence-corrected chi connectivity index (χ2v) is 7.19. The molecule has 2 N–H and O–H groups in total. The third kappa shape index (κ3) is 3.00. The summed E-state index contributed by atoms with van der Waals surface area (Å²) in [5.74, 6) is 1.64. The van der Waals surface area contributed by atoms with Gasteiger partial charge in [0.1, 0.15) is 17.8 Å². The quantitative estimate of drug-likeness (QED) is 0.749. The van der Waals surface area contributed by atoms with Gasteiger partial charge in [0.15, 0.2) is 0 Å². The number of nitrogens with one attached hydrogen (secondary N) is 2. The molecule has 1 saturated heterocycles. The smallest absolute Gasteiger partial charge is 0.142 e. The Morgan fingerprint density at radius 3 is 2.81 bits per heavy atom. The van der Waals surface area contributed by atoms with Crippen LogP contribution in [0.15, 0.2) is 42.6 Å². The lowest BCUT2D eigenvalue weighted by Crippen LogP contribution is -2.23. The number of H-pyrrole nitrogens is 1. The Morgan fingerprint density at radius 2 is 2.04 bits per heavy atom. The number of fused-ring (bicyclic) bond motifs is 1. The Morgan fingerprint density at radius 1 is 1.15 bits per heavy atom. The first-order valence-electron chi connectivity index (χ1n) is 9.52. The van der Waals surface area contributed by atoms with Crippen LogP contribution in [0.1, 0.15) is 17.8 Å². The number of hydrogen-bond acceptors (Lipinski definition) is 4. The Bertz CT molecular complexity index is 929. The SMILES string of the molecule is F[C@H]1CCN(c2nccc(-c3ccccc3)c2-c2nc3c([nH]2)CNCC3)C1. The van der Waals surface area contributed by atoms with Gasteiger partial charge < -0.3 is 15.2 Å². The first-order valence-corrected chi connectivity index (χ1v) is 9.52. The molecule has 27 heavy (non-hydrogen) atoms. The highest BCUT2D eigenvalue weighted by Gasteiger charge is 2.28. The number of pyridine rings is 1. The van der Waals surface area contributed by atoms with Crippen LogP contribution >= 0.6 is 0 Å². The first kappa shape index (κ1) is 16.4. The van der Waals surface area contributed by atoms with Crippen molar-refractivity contribution >= 4 is 5.82 Å². The van der Waals surface area contributed by atoms with E-state index in [4.69, 9.17) is 4.98 Å². The lowest BCUT2D eigenvalue weighted by molar-refractivity contribution is 0.364. The number of aromatic amines is 1. The van der Waals surface area contributed by atoms with Gasteiger partial charge in [-0.05, 0) is 23.6 Å². The zero-order valence-electron chi connectivity index (χ0n) is 15.1. The average Bonchev–Trinajstić information content (AvgIpc) is 3.34. The Kier molecular flexibility index (Phi) is 4.13. The van der Waals surface area contributed by atoms with E-state index in [9.17, 15) is 4.39 Å². The molecule has 0 spiro atoms. The number of hydrogen-bond donors (Lipinski definition) is 2. The Balaban J connectivity index is 1.69. The summed E-state index contributed by atoms with van der Waals surface area (Å²) in [5, 5.41) is 3.38. The van der Waals surface area contributed by atoms with E-state index >= 15 is 0 Å².